The molecule has 0 saturated heterocycles. The number of benzene rings is 1. The van der Waals surface area contributed by atoms with Gasteiger partial charge in [-0.15, -0.1) is 0 Å². The molecule has 1 unspecified atom stereocenters. The van der Waals surface area contributed by atoms with Crippen LogP contribution in [0, 0.1) is 46.3 Å². The Kier molecular flexibility index (Phi) is 7.40. The first-order valence-electron chi connectivity index (χ1n) is 15.2. The molecule has 3 heteroatoms. The summed E-state index contributed by atoms with van der Waals surface area (Å²) < 4.78 is 5.85. The van der Waals surface area contributed by atoms with Crippen molar-refractivity contribution in [3.05, 3.63) is 30.0 Å². The summed E-state index contributed by atoms with van der Waals surface area (Å²) in [7, 11) is 0. The summed E-state index contributed by atoms with van der Waals surface area (Å²) in [5, 5.41) is 0. The largest absolute Gasteiger partial charge is 0.463 e. The van der Waals surface area contributed by atoms with E-state index in [0.29, 0.717) is 28.0 Å². The van der Waals surface area contributed by atoms with E-state index in [1.165, 1.54) is 82.6 Å². The quantitative estimate of drug-likeness (QED) is 0.295. The molecular formula is C33H52N2O. The van der Waals surface area contributed by atoms with Crippen LogP contribution in [0.4, 0.5) is 11.4 Å². The molecule has 36 heavy (non-hydrogen) atoms. The Morgan fingerprint density at radius 1 is 1.00 bits per heavy atom. The molecule has 5 rings (SSSR count). The van der Waals surface area contributed by atoms with Gasteiger partial charge in [-0.05, 0) is 135 Å². The minimum absolute atomic E-state index is 0.528. The molecule has 1 aromatic rings. The first kappa shape index (κ1) is 26.0. The number of nitrogens with two attached hydrogens (primary N) is 2. The Morgan fingerprint density at radius 2 is 1.81 bits per heavy atom. The summed E-state index contributed by atoms with van der Waals surface area (Å²) in [6.07, 6.45) is 20.6. The van der Waals surface area contributed by atoms with E-state index in [4.69, 9.17) is 16.2 Å². The zero-order valence-corrected chi connectivity index (χ0v) is 23.5. The van der Waals surface area contributed by atoms with Crippen molar-refractivity contribution in [3.8, 4) is 5.75 Å². The van der Waals surface area contributed by atoms with Gasteiger partial charge in [-0.3, -0.25) is 0 Å². The maximum Gasteiger partial charge on any atom is 0.151 e. The third kappa shape index (κ3) is 4.58. The summed E-state index contributed by atoms with van der Waals surface area (Å²) in [4.78, 5) is 0. The van der Waals surface area contributed by atoms with Crippen molar-refractivity contribution in [3.63, 3.8) is 0 Å². The second-order valence-electron chi connectivity index (χ2n) is 13.8. The van der Waals surface area contributed by atoms with Crippen LogP contribution in [-0.4, -0.2) is 0 Å². The van der Waals surface area contributed by atoms with Crippen LogP contribution in [0.25, 0.3) is 0 Å². The van der Waals surface area contributed by atoms with Gasteiger partial charge in [0.15, 0.2) is 5.75 Å². The van der Waals surface area contributed by atoms with E-state index in [1.807, 2.05) is 24.5 Å². The van der Waals surface area contributed by atoms with Crippen molar-refractivity contribution < 1.29 is 4.74 Å². The average Bonchev–Trinajstić information content (AvgIpc) is 3.22. The number of hydrogen-bond donors (Lipinski definition) is 2. The fraction of sp³-hybridized carbons (Fsp3) is 0.758. The Hall–Kier alpha value is -1.64. The van der Waals surface area contributed by atoms with E-state index in [2.05, 4.69) is 27.7 Å². The predicted molar refractivity (Wildman–Crippen MR) is 153 cm³/mol. The zero-order valence-electron chi connectivity index (χ0n) is 23.5. The van der Waals surface area contributed by atoms with Gasteiger partial charge in [0.05, 0.1) is 17.6 Å². The maximum absolute atomic E-state index is 6.05. The molecule has 0 bridgehead atoms. The number of anilines is 2. The van der Waals surface area contributed by atoms with Gasteiger partial charge in [0.2, 0.25) is 0 Å². The molecule has 0 heterocycles. The Labute approximate surface area is 220 Å². The zero-order chi connectivity index (χ0) is 25.5. The van der Waals surface area contributed by atoms with Crippen LogP contribution in [0.2, 0.25) is 0 Å². The van der Waals surface area contributed by atoms with Crippen molar-refractivity contribution in [2.75, 3.05) is 11.5 Å². The van der Waals surface area contributed by atoms with E-state index >= 15 is 0 Å². The first-order valence-corrected chi connectivity index (χ1v) is 15.2. The molecule has 200 valence electrons. The van der Waals surface area contributed by atoms with Crippen molar-refractivity contribution in [2.45, 2.75) is 111 Å². The molecule has 4 saturated carbocycles. The molecule has 4 aliphatic rings. The molecule has 4 fully saturated rings. The van der Waals surface area contributed by atoms with E-state index in [1.54, 1.807) is 0 Å². The lowest BCUT2D eigenvalue weighted by molar-refractivity contribution is -0.114. The van der Waals surface area contributed by atoms with E-state index in [-0.39, 0.29) is 0 Å². The van der Waals surface area contributed by atoms with Crippen LogP contribution in [0.3, 0.4) is 0 Å². The molecule has 4 N–H and O–H groups in total. The van der Waals surface area contributed by atoms with E-state index in [9.17, 15) is 0 Å². The highest BCUT2D eigenvalue weighted by Gasteiger charge is 2.60. The normalized spacial score (nSPS) is 39.1. The second kappa shape index (κ2) is 10.3. The SMILES string of the molecule is CC(=COc1cccc(N)c1N)CCC[C@@H](C)[C@H]1CC[C@H]2[C@@H]3CCC4CCCC[C@]4(C)[C@H]3CC[C@]12C. The standard InChI is InChI=1S/C33H52N2O/c1-22(21-36-30-13-8-12-29(34)31(30)35)9-7-10-23(2)26-16-17-27-25-15-14-24-11-5-6-19-32(24,3)28(25)18-20-33(26,27)4/h8,12-13,21,23-28H,5-7,9-11,14-20,34-35H2,1-4H3/t23-,24?,25+,26-,27+,28+,32+,33-/m1/s1. The Bertz CT molecular complexity index is 955. The van der Waals surface area contributed by atoms with Gasteiger partial charge in [0.25, 0.3) is 0 Å². The molecular weight excluding hydrogens is 440 g/mol. The van der Waals surface area contributed by atoms with Crippen molar-refractivity contribution in [1.29, 1.82) is 0 Å². The van der Waals surface area contributed by atoms with Gasteiger partial charge in [-0.25, -0.2) is 0 Å². The highest BCUT2D eigenvalue weighted by molar-refractivity contribution is 5.70. The van der Waals surface area contributed by atoms with Crippen LogP contribution in [0.1, 0.15) is 111 Å². The molecule has 0 aliphatic heterocycles. The van der Waals surface area contributed by atoms with Crippen LogP contribution in [0.15, 0.2) is 30.0 Å². The van der Waals surface area contributed by atoms with E-state index < -0.39 is 0 Å². The van der Waals surface area contributed by atoms with Gasteiger partial charge in [-0.1, -0.05) is 46.1 Å². The third-order valence-electron chi connectivity index (χ3n) is 12.1. The highest BCUT2D eigenvalue weighted by Crippen LogP contribution is 2.68. The lowest BCUT2D eigenvalue weighted by atomic mass is 9.44. The van der Waals surface area contributed by atoms with Crippen LogP contribution >= 0.6 is 0 Å². The minimum Gasteiger partial charge on any atom is -0.463 e. The summed E-state index contributed by atoms with van der Waals surface area (Å²) in [5.41, 5.74) is 15.6. The molecule has 3 nitrogen and oxygen atoms in total. The average molecular weight is 493 g/mol. The summed E-state index contributed by atoms with van der Waals surface area (Å²) >= 11 is 0. The smallest absolute Gasteiger partial charge is 0.151 e. The Morgan fingerprint density at radius 3 is 2.64 bits per heavy atom. The number of ether oxygens (including phenoxy) is 1. The first-order chi connectivity index (χ1) is 17.2. The predicted octanol–water partition coefficient (Wildman–Crippen LogP) is 8.99. The summed E-state index contributed by atoms with van der Waals surface area (Å²) in [6, 6.07) is 5.57. The molecule has 0 amide bonds. The lowest BCUT2D eigenvalue weighted by Gasteiger charge is -2.61. The molecule has 0 radical (unpaired) electrons. The second-order valence-corrected chi connectivity index (χ2v) is 13.8. The van der Waals surface area contributed by atoms with Crippen LogP contribution in [0.5, 0.6) is 5.75 Å². The lowest BCUT2D eigenvalue weighted by Crippen LogP contribution is -2.53. The minimum atomic E-state index is 0.528. The fourth-order valence-corrected chi connectivity index (χ4v) is 10.1. The number of hydrogen-bond acceptors (Lipinski definition) is 3. The fourth-order valence-electron chi connectivity index (χ4n) is 10.1. The van der Waals surface area contributed by atoms with Crippen molar-refractivity contribution >= 4 is 11.4 Å². The topological polar surface area (TPSA) is 61.3 Å². The molecule has 0 aromatic heterocycles. The van der Waals surface area contributed by atoms with Gasteiger partial charge in [-0.2, -0.15) is 0 Å². The number of nitrogen functional groups attached to an aromatic ring is 2. The molecule has 8 atom stereocenters. The summed E-state index contributed by atoms with van der Waals surface area (Å²) in [5.74, 6) is 6.43. The third-order valence-corrected chi connectivity index (χ3v) is 12.1. The Balaban J connectivity index is 1.16. The monoisotopic (exact) mass is 492 g/mol. The van der Waals surface area contributed by atoms with Gasteiger partial charge in [0.1, 0.15) is 0 Å². The van der Waals surface area contributed by atoms with Crippen LogP contribution in [-0.2, 0) is 0 Å². The molecule has 1 aromatic carbocycles. The molecule has 0 spiro atoms. The van der Waals surface area contributed by atoms with Crippen molar-refractivity contribution in [1.82, 2.24) is 0 Å². The summed E-state index contributed by atoms with van der Waals surface area (Å²) in [6.45, 7) is 10.2. The van der Waals surface area contributed by atoms with Gasteiger partial charge < -0.3 is 16.2 Å². The number of para-hydroxylation sites is 1. The molecule has 4 aliphatic carbocycles. The number of fused-ring (bicyclic) bond motifs is 5. The number of allylic oxidation sites excluding steroid dienone is 1. The highest BCUT2D eigenvalue weighted by atomic mass is 16.5. The van der Waals surface area contributed by atoms with Crippen LogP contribution < -0.4 is 16.2 Å². The van der Waals surface area contributed by atoms with Crippen molar-refractivity contribution in [2.24, 2.45) is 46.3 Å². The van der Waals surface area contributed by atoms with E-state index in [0.717, 1.165) is 41.9 Å². The van der Waals surface area contributed by atoms with Gasteiger partial charge >= 0.3 is 0 Å². The van der Waals surface area contributed by atoms with Gasteiger partial charge in [0, 0.05) is 0 Å². The maximum atomic E-state index is 6.05. The number of rotatable bonds is 7.